The lowest BCUT2D eigenvalue weighted by Gasteiger charge is -2.17. The maximum atomic E-state index is 6.08. The minimum atomic E-state index is 0. The Labute approximate surface area is 182 Å². The van der Waals surface area contributed by atoms with Gasteiger partial charge in [0.25, 0.3) is 0 Å². The number of rotatable bonds is 9. The zero-order valence-electron chi connectivity index (χ0n) is 16.1. The van der Waals surface area contributed by atoms with Crippen LogP contribution in [-0.4, -0.2) is 6.04 Å². The van der Waals surface area contributed by atoms with E-state index in [4.69, 9.17) is 4.74 Å². The van der Waals surface area contributed by atoms with Gasteiger partial charge >= 0.3 is 0 Å². The van der Waals surface area contributed by atoms with Gasteiger partial charge in [0.15, 0.2) is 0 Å². The van der Waals surface area contributed by atoms with Gasteiger partial charge in [-0.1, -0.05) is 76.6 Å². The molecule has 0 saturated carbocycles. The maximum absolute atomic E-state index is 6.08. The Morgan fingerprint density at radius 2 is 1.54 bits per heavy atom. The molecule has 1 unspecified atom stereocenters. The molecular weight excluding hydrogens is 434 g/mol. The fraction of sp³-hybridized carbons (Fsp3) is 0.250. The second-order valence-electron chi connectivity index (χ2n) is 6.83. The fourth-order valence-electron chi connectivity index (χ4n) is 2.98. The van der Waals surface area contributed by atoms with Crippen LogP contribution in [0.2, 0.25) is 0 Å². The van der Waals surface area contributed by atoms with Crippen LogP contribution in [-0.2, 0) is 19.6 Å². The Morgan fingerprint density at radius 3 is 2.21 bits per heavy atom. The van der Waals surface area contributed by atoms with E-state index in [1.54, 1.807) is 0 Å². The van der Waals surface area contributed by atoms with E-state index in [0.29, 0.717) is 12.6 Å². The van der Waals surface area contributed by atoms with Crippen LogP contribution in [0.1, 0.15) is 30.0 Å². The minimum absolute atomic E-state index is 0. The third kappa shape index (κ3) is 7.31. The van der Waals surface area contributed by atoms with Crippen molar-refractivity contribution in [3.63, 3.8) is 0 Å². The van der Waals surface area contributed by atoms with Gasteiger partial charge in [0.05, 0.1) is 0 Å². The quantitative estimate of drug-likeness (QED) is 0.390. The fourth-order valence-corrected chi connectivity index (χ4v) is 3.38. The van der Waals surface area contributed by atoms with Crippen LogP contribution in [0.5, 0.6) is 5.75 Å². The van der Waals surface area contributed by atoms with Crippen LogP contribution >= 0.6 is 28.3 Å². The molecule has 1 atom stereocenters. The van der Waals surface area contributed by atoms with E-state index in [2.05, 4.69) is 76.7 Å². The monoisotopic (exact) mass is 459 g/mol. The van der Waals surface area contributed by atoms with Crippen molar-refractivity contribution in [3.8, 4) is 5.75 Å². The van der Waals surface area contributed by atoms with Crippen molar-refractivity contribution in [3.05, 3.63) is 100 Å². The van der Waals surface area contributed by atoms with E-state index in [0.717, 1.165) is 29.6 Å². The highest BCUT2D eigenvalue weighted by Gasteiger charge is 2.08. The van der Waals surface area contributed by atoms with Crippen molar-refractivity contribution < 1.29 is 4.74 Å². The number of ether oxygens (including phenoxy) is 1. The lowest BCUT2D eigenvalue weighted by atomic mass is 10.1. The number of benzene rings is 3. The zero-order chi connectivity index (χ0) is 18.9. The van der Waals surface area contributed by atoms with Gasteiger partial charge in [-0.15, -0.1) is 12.4 Å². The summed E-state index contributed by atoms with van der Waals surface area (Å²) < 4.78 is 7.15. The Morgan fingerprint density at radius 1 is 0.893 bits per heavy atom. The second-order valence-corrected chi connectivity index (χ2v) is 7.75. The first-order chi connectivity index (χ1) is 13.2. The van der Waals surface area contributed by atoms with E-state index in [9.17, 15) is 0 Å². The van der Waals surface area contributed by atoms with Crippen LogP contribution in [0.4, 0.5) is 0 Å². The summed E-state index contributed by atoms with van der Waals surface area (Å²) in [5.41, 5.74) is 3.74. The predicted octanol–water partition coefficient (Wildman–Crippen LogP) is 6.56. The molecule has 4 heteroatoms. The average molecular weight is 461 g/mol. The van der Waals surface area contributed by atoms with E-state index >= 15 is 0 Å². The molecule has 0 aliphatic heterocycles. The summed E-state index contributed by atoms with van der Waals surface area (Å²) in [4.78, 5) is 0. The molecular formula is C24H27BrClNO. The first kappa shape index (κ1) is 22.5. The first-order valence-corrected chi connectivity index (χ1v) is 10.2. The molecule has 0 aliphatic rings. The number of hydrogen-bond donors (Lipinski definition) is 1. The molecule has 0 fully saturated rings. The van der Waals surface area contributed by atoms with E-state index in [1.165, 1.54) is 16.7 Å². The highest BCUT2D eigenvalue weighted by molar-refractivity contribution is 9.10. The molecule has 0 aliphatic carbocycles. The smallest absolute Gasteiger partial charge is 0.124 e. The predicted molar refractivity (Wildman–Crippen MR) is 123 cm³/mol. The van der Waals surface area contributed by atoms with Crippen molar-refractivity contribution in [1.82, 2.24) is 5.32 Å². The summed E-state index contributed by atoms with van der Waals surface area (Å²) in [6, 6.07) is 27.6. The standard InChI is InChI=1S/C24H26BrNO.ClH/c1-19(12-13-20-8-4-2-5-9-20)26-17-22-16-23(25)14-15-24(22)27-18-21-10-6-3-7-11-21;/h2-11,14-16,19,26H,12-13,17-18H2,1H3;1H. The SMILES string of the molecule is CC(CCc1ccccc1)NCc1cc(Br)ccc1OCc1ccccc1.Cl. The third-order valence-electron chi connectivity index (χ3n) is 4.61. The van der Waals surface area contributed by atoms with Crippen molar-refractivity contribution in [2.45, 2.75) is 39.0 Å². The lowest BCUT2D eigenvalue weighted by molar-refractivity contribution is 0.301. The molecule has 28 heavy (non-hydrogen) atoms. The summed E-state index contributed by atoms with van der Waals surface area (Å²) in [5.74, 6) is 0.935. The zero-order valence-corrected chi connectivity index (χ0v) is 18.5. The average Bonchev–Trinajstić information content (AvgIpc) is 2.71. The number of nitrogens with one attached hydrogen (secondary N) is 1. The molecule has 0 heterocycles. The molecule has 0 bridgehead atoms. The van der Waals surface area contributed by atoms with Gasteiger partial charge in [0, 0.05) is 22.6 Å². The largest absolute Gasteiger partial charge is 0.489 e. The van der Waals surface area contributed by atoms with Crippen molar-refractivity contribution in [1.29, 1.82) is 0 Å². The first-order valence-electron chi connectivity index (χ1n) is 9.43. The normalized spacial score (nSPS) is 11.5. The van der Waals surface area contributed by atoms with Gasteiger partial charge in [0.1, 0.15) is 12.4 Å². The van der Waals surface area contributed by atoms with Gasteiger partial charge < -0.3 is 10.1 Å². The Balaban J connectivity index is 0.00000280. The Bertz CT molecular complexity index is 827. The van der Waals surface area contributed by atoms with Gasteiger partial charge in [0.2, 0.25) is 0 Å². The van der Waals surface area contributed by atoms with Gasteiger partial charge in [-0.05, 0) is 49.1 Å². The van der Waals surface area contributed by atoms with Crippen LogP contribution in [0.25, 0.3) is 0 Å². The topological polar surface area (TPSA) is 21.3 Å². The van der Waals surface area contributed by atoms with Crippen molar-refractivity contribution in [2.75, 3.05) is 0 Å². The lowest BCUT2D eigenvalue weighted by Crippen LogP contribution is -2.26. The Hall–Kier alpha value is -1.81. The van der Waals surface area contributed by atoms with Gasteiger partial charge in [-0.3, -0.25) is 0 Å². The molecule has 0 radical (unpaired) electrons. The van der Waals surface area contributed by atoms with Crippen LogP contribution in [0.15, 0.2) is 83.3 Å². The molecule has 0 spiro atoms. The van der Waals surface area contributed by atoms with E-state index in [1.807, 2.05) is 30.3 Å². The van der Waals surface area contributed by atoms with Gasteiger partial charge in [-0.25, -0.2) is 0 Å². The number of halogens is 2. The molecule has 3 aromatic carbocycles. The van der Waals surface area contributed by atoms with Crippen LogP contribution in [0.3, 0.4) is 0 Å². The molecule has 2 nitrogen and oxygen atoms in total. The summed E-state index contributed by atoms with van der Waals surface area (Å²) in [7, 11) is 0. The van der Waals surface area contributed by atoms with Crippen molar-refractivity contribution in [2.24, 2.45) is 0 Å². The molecule has 3 rings (SSSR count). The summed E-state index contributed by atoms with van der Waals surface area (Å²) in [6.45, 7) is 3.62. The molecule has 0 saturated heterocycles. The summed E-state index contributed by atoms with van der Waals surface area (Å²) in [5, 5.41) is 3.63. The number of hydrogen-bond acceptors (Lipinski definition) is 2. The van der Waals surface area contributed by atoms with Crippen LogP contribution < -0.4 is 10.1 Å². The molecule has 3 aromatic rings. The van der Waals surface area contributed by atoms with Crippen LogP contribution in [0, 0.1) is 0 Å². The third-order valence-corrected chi connectivity index (χ3v) is 5.10. The molecule has 1 N–H and O–H groups in total. The number of aryl methyl sites for hydroxylation is 1. The van der Waals surface area contributed by atoms with E-state index < -0.39 is 0 Å². The summed E-state index contributed by atoms with van der Waals surface area (Å²) in [6.07, 6.45) is 2.20. The van der Waals surface area contributed by atoms with E-state index in [-0.39, 0.29) is 12.4 Å². The highest BCUT2D eigenvalue weighted by Crippen LogP contribution is 2.24. The Kier molecular flexibility index (Phi) is 9.56. The van der Waals surface area contributed by atoms with Gasteiger partial charge in [-0.2, -0.15) is 0 Å². The maximum Gasteiger partial charge on any atom is 0.124 e. The highest BCUT2D eigenvalue weighted by atomic mass is 79.9. The summed E-state index contributed by atoms with van der Waals surface area (Å²) >= 11 is 3.58. The molecule has 148 valence electrons. The molecule has 0 amide bonds. The molecule has 0 aromatic heterocycles. The second kappa shape index (κ2) is 11.9. The van der Waals surface area contributed by atoms with Crippen molar-refractivity contribution >= 4 is 28.3 Å². The minimum Gasteiger partial charge on any atom is -0.489 e.